The van der Waals surface area contributed by atoms with Crippen molar-refractivity contribution >= 4 is 11.7 Å². The Kier molecular flexibility index (Phi) is 4.31. The molecule has 6 nitrogen and oxygen atoms in total. The summed E-state index contributed by atoms with van der Waals surface area (Å²) < 4.78 is 5.38. The molecule has 1 atom stereocenters. The van der Waals surface area contributed by atoms with Gasteiger partial charge in [-0.3, -0.25) is 4.79 Å². The van der Waals surface area contributed by atoms with Crippen molar-refractivity contribution in [3.63, 3.8) is 0 Å². The number of carbonyl (C=O) groups is 1. The van der Waals surface area contributed by atoms with E-state index in [0.717, 1.165) is 38.4 Å². The summed E-state index contributed by atoms with van der Waals surface area (Å²) >= 11 is 0. The van der Waals surface area contributed by atoms with E-state index in [0.29, 0.717) is 25.3 Å². The topological polar surface area (TPSA) is 71.7 Å². The molecule has 2 N–H and O–H groups in total. The highest BCUT2D eigenvalue weighted by Gasteiger charge is 2.36. The number of rotatable bonds is 3. The fourth-order valence-corrected chi connectivity index (χ4v) is 3.13. The molecule has 3 heterocycles. The third kappa shape index (κ3) is 2.94. The lowest BCUT2D eigenvalue weighted by atomic mass is 9.90. The molecule has 120 valence electrons. The summed E-state index contributed by atoms with van der Waals surface area (Å²) in [6, 6.07) is 3.70. The molecule has 1 aromatic heterocycles. The zero-order valence-corrected chi connectivity index (χ0v) is 13.1. The maximum absolute atomic E-state index is 12.9. The molecule has 2 saturated heterocycles. The summed E-state index contributed by atoms with van der Waals surface area (Å²) in [5, 5.41) is 0. The number of amides is 1. The first kappa shape index (κ1) is 15.2. The van der Waals surface area contributed by atoms with Gasteiger partial charge in [0.15, 0.2) is 0 Å². The number of pyridine rings is 1. The Bertz CT molecular complexity index is 545. The Balaban J connectivity index is 1.81. The highest BCUT2D eigenvalue weighted by Crippen LogP contribution is 2.30. The molecular weight excluding hydrogens is 280 g/mol. The fraction of sp³-hybridized carbons (Fsp3) is 0.625. The maximum atomic E-state index is 12.9. The van der Waals surface area contributed by atoms with Gasteiger partial charge < -0.3 is 20.3 Å². The Morgan fingerprint density at radius 2 is 2.18 bits per heavy atom. The molecule has 0 saturated carbocycles. The van der Waals surface area contributed by atoms with Gasteiger partial charge in [0.05, 0.1) is 18.8 Å². The Morgan fingerprint density at radius 1 is 1.41 bits per heavy atom. The quantitative estimate of drug-likeness (QED) is 0.891. The molecule has 1 unspecified atom stereocenters. The molecule has 0 aromatic carbocycles. The van der Waals surface area contributed by atoms with Crippen molar-refractivity contribution in [2.45, 2.75) is 13.3 Å². The minimum atomic E-state index is 0.0387. The lowest BCUT2D eigenvalue weighted by Gasteiger charge is -2.30. The first-order valence-electron chi connectivity index (χ1n) is 7.90. The molecule has 0 bridgehead atoms. The van der Waals surface area contributed by atoms with Gasteiger partial charge in [-0.2, -0.15) is 0 Å². The van der Waals surface area contributed by atoms with Crippen LogP contribution in [0, 0.1) is 5.41 Å². The molecule has 0 aliphatic carbocycles. The number of nitrogens with zero attached hydrogens (tertiary/aromatic N) is 3. The summed E-state index contributed by atoms with van der Waals surface area (Å²) in [7, 11) is 0. The van der Waals surface area contributed by atoms with Crippen molar-refractivity contribution in [2.24, 2.45) is 11.1 Å². The number of carbonyl (C=O) groups excluding carboxylic acids is 1. The lowest BCUT2D eigenvalue weighted by Crippen LogP contribution is -2.39. The molecule has 0 spiro atoms. The summed E-state index contributed by atoms with van der Waals surface area (Å²) in [5.41, 5.74) is 6.57. The van der Waals surface area contributed by atoms with E-state index >= 15 is 0 Å². The van der Waals surface area contributed by atoms with Crippen LogP contribution in [0.1, 0.15) is 23.7 Å². The molecule has 2 fully saturated rings. The fourth-order valence-electron chi connectivity index (χ4n) is 3.13. The van der Waals surface area contributed by atoms with Gasteiger partial charge >= 0.3 is 0 Å². The van der Waals surface area contributed by atoms with Gasteiger partial charge in [-0.1, -0.05) is 6.92 Å². The third-order valence-electron chi connectivity index (χ3n) is 4.67. The lowest BCUT2D eigenvalue weighted by molar-refractivity contribution is 0.0775. The van der Waals surface area contributed by atoms with Gasteiger partial charge in [0.1, 0.15) is 5.82 Å². The smallest absolute Gasteiger partial charge is 0.257 e. The van der Waals surface area contributed by atoms with Crippen molar-refractivity contribution in [2.75, 3.05) is 50.8 Å². The van der Waals surface area contributed by atoms with E-state index in [9.17, 15) is 4.79 Å². The molecule has 0 radical (unpaired) electrons. The molecular formula is C16H24N4O2. The average molecular weight is 304 g/mol. The predicted octanol–water partition coefficient (Wildman–Crippen LogP) is 0.729. The zero-order valence-electron chi connectivity index (χ0n) is 13.1. The number of hydrogen-bond acceptors (Lipinski definition) is 5. The molecule has 22 heavy (non-hydrogen) atoms. The summed E-state index contributed by atoms with van der Waals surface area (Å²) in [4.78, 5) is 21.4. The van der Waals surface area contributed by atoms with Gasteiger partial charge in [0.25, 0.3) is 5.91 Å². The number of anilines is 1. The van der Waals surface area contributed by atoms with Gasteiger partial charge in [0.2, 0.25) is 0 Å². The van der Waals surface area contributed by atoms with Crippen molar-refractivity contribution in [3.05, 3.63) is 23.9 Å². The Morgan fingerprint density at radius 3 is 2.86 bits per heavy atom. The van der Waals surface area contributed by atoms with E-state index in [1.807, 2.05) is 17.0 Å². The Hall–Kier alpha value is -1.66. The summed E-state index contributed by atoms with van der Waals surface area (Å²) in [6.07, 6.45) is 2.71. The SMILES string of the molecule is CC1(CN)CCN(C(=O)c2cccnc2N2CCOCC2)C1. The molecule has 3 rings (SSSR count). The van der Waals surface area contributed by atoms with Crippen LogP contribution in [0.3, 0.4) is 0 Å². The van der Waals surface area contributed by atoms with Crippen molar-refractivity contribution in [3.8, 4) is 0 Å². The van der Waals surface area contributed by atoms with Gasteiger partial charge in [-0.25, -0.2) is 4.98 Å². The number of nitrogens with two attached hydrogens (primary N) is 1. The van der Waals surface area contributed by atoms with Gasteiger partial charge in [-0.05, 0) is 30.5 Å². The number of likely N-dealkylation sites (tertiary alicyclic amines) is 1. The number of aromatic nitrogens is 1. The van der Waals surface area contributed by atoms with Crippen LogP contribution in [0.25, 0.3) is 0 Å². The standard InChI is InChI=1S/C16H24N4O2/c1-16(11-17)4-6-20(12-16)15(21)13-3-2-5-18-14(13)19-7-9-22-10-8-19/h2-3,5H,4,6-12,17H2,1H3. The largest absolute Gasteiger partial charge is 0.378 e. The van der Waals surface area contributed by atoms with Crippen LogP contribution in [-0.4, -0.2) is 61.7 Å². The molecule has 2 aliphatic rings. The summed E-state index contributed by atoms with van der Waals surface area (Å²) in [6.45, 7) is 7.16. The Labute approximate surface area is 131 Å². The van der Waals surface area contributed by atoms with E-state index in [4.69, 9.17) is 10.5 Å². The van der Waals surface area contributed by atoms with Crippen LogP contribution in [0.5, 0.6) is 0 Å². The highest BCUT2D eigenvalue weighted by molar-refractivity contribution is 5.99. The highest BCUT2D eigenvalue weighted by atomic mass is 16.5. The van der Waals surface area contributed by atoms with E-state index in [-0.39, 0.29) is 11.3 Å². The second-order valence-electron chi connectivity index (χ2n) is 6.47. The van der Waals surface area contributed by atoms with Crippen LogP contribution in [0.15, 0.2) is 18.3 Å². The minimum Gasteiger partial charge on any atom is -0.378 e. The summed E-state index contributed by atoms with van der Waals surface area (Å²) in [5.74, 6) is 0.837. The van der Waals surface area contributed by atoms with Crippen molar-refractivity contribution < 1.29 is 9.53 Å². The molecule has 6 heteroatoms. The maximum Gasteiger partial charge on any atom is 0.257 e. The van der Waals surface area contributed by atoms with Crippen molar-refractivity contribution in [1.29, 1.82) is 0 Å². The van der Waals surface area contributed by atoms with Crippen molar-refractivity contribution in [1.82, 2.24) is 9.88 Å². The van der Waals surface area contributed by atoms with Crippen LogP contribution < -0.4 is 10.6 Å². The number of ether oxygens (including phenoxy) is 1. The van der Waals surface area contributed by atoms with Crippen LogP contribution >= 0.6 is 0 Å². The van der Waals surface area contributed by atoms with Crippen LogP contribution in [0.4, 0.5) is 5.82 Å². The van der Waals surface area contributed by atoms with E-state index < -0.39 is 0 Å². The van der Waals surface area contributed by atoms with E-state index in [1.54, 1.807) is 6.20 Å². The van der Waals surface area contributed by atoms with Gasteiger partial charge in [-0.15, -0.1) is 0 Å². The second kappa shape index (κ2) is 6.22. The average Bonchev–Trinajstić information content (AvgIpc) is 2.98. The molecule has 1 aromatic rings. The monoisotopic (exact) mass is 304 g/mol. The third-order valence-corrected chi connectivity index (χ3v) is 4.67. The molecule has 2 aliphatic heterocycles. The first-order valence-corrected chi connectivity index (χ1v) is 7.90. The first-order chi connectivity index (χ1) is 10.6. The van der Waals surface area contributed by atoms with E-state index in [2.05, 4.69) is 16.8 Å². The zero-order chi connectivity index (χ0) is 15.6. The van der Waals surface area contributed by atoms with Gasteiger partial charge in [0, 0.05) is 32.4 Å². The van der Waals surface area contributed by atoms with E-state index in [1.165, 1.54) is 0 Å². The van der Waals surface area contributed by atoms with Crippen LogP contribution in [0.2, 0.25) is 0 Å². The predicted molar refractivity (Wildman–Crippen MR) is 85.0 cm³/mol. The number of morpholine rings is 1. The second-order valence-corrected chi connectivity index (χ2v) is 6.47. The number of hydrogen-bond donors (Lipinski definition) is 1. The van der Waals surface area contributed by atoms with Crippen LogP contribution in [-0.2, 0) is 4.74 Å². The minimum absolute atomic E-state index is 0.0387. The normalized spacial score (nSPS) is 25.5. The molecule has 1 amide bonds.